The molecule has 0 aliphatic heterocycles. The smallest absolute Gasteiger partial charge is 0.239 e. The lowest BCUT2D eigenvalue weighted by atomic mass is 9.90. The molecule has 6 nitrogen and oxygen atoms in total. The summed E-state index contributed by atoms with van der Waals surface area (Å²) < 4.78 is 13.7. The van der Waals surface area contributed by atoms with Crippen molar-refractivity contribution in [2.75, 3.05) is 16.0 Å². The van der Waals surface area contributed by atoms with Crippen LogP contribution in [0.2, 0.25) is 0 Å². The minimum Gasteiger partial charge on any atom is -0.326 e. The molecule has 3 N–H and O–H groups in total. The van der Waals surface area contributed by atoms with Gasteiger partial charge in [-0.1, -0.05) is 18.2 Å². The Morgan fingerprint density at radius 2 is 1.42 bits per heavy atom. The maximum atomic E-state index is 13.7. The van der Waals surface area contributed by atoms with E-state index in [1.807, 2.05) is 0 Å². The maximum absolute atomic E-state index is 13.7. The van der Waals surface area contributed by atoms with E-state index in [4.69, 9.17) is 0 Å². The summed E-state index contributed by atoms with van der Waals surface area (Å²) in [4.78, 5) is 36.1. The Labute approximate surface area is 150 Å². The Kier molecular flexibility index (Phi) is 5.71. The highest BCUT2D eigenvalue weighted by Gasteiger charge is 2.36. The van der Waals surface area contributed by atoms with Crippen molar-refractivity contribution in [1.82, 2.24) is 0 Å². The third-order valence-electron chi connectivity index (χ3n) is 3.70. The molecule has 0 atom stereocenters. The standard InChI is InChI=1S/C19H20FN3O3/c1-12(24)21-13-7-6-8-14(11-13)22-17(25)19(2,3)18(26)23-16-10-5-4-9-15(16)20/h4-11H,1-3H3,(H,21,24)(H,22,25)(H,23,26). The van der Waals surface area contributed by atoms with Gasteiger partial charge >= 0.3 is 0 Å². The van der Waals surface area contributed by atoms with Crippen LogP contribution in [0, 0.1) is 11.2 Å². The van der Waals surface area contributed by atoms with Crippen molar-refractivity contribution in [3.63, 3.8) is 0 Å². The molecule has 0 fully saturated rings. The lowest BCUT2D eigenvalue weighted by molar-refractivity contribution is -0.135. The van der Waals surface area contributed by atoms with E-state index < -0.39 is 23.0 Å². The highest BCUT2D eigenvalue weighted by Crippen LogP contribution is 2.23. The molecule has 0 heterocycles. The summed E-state index contributed by atoms with van der Waals surface area (Å²) in [6, 6.07) is 12.3. The van der Waals surface area contributed by atoms with Crippen molar-refractivity contribution in [2.45, 2.75) is 20.8 Å². The number of hydrogen-bond donors (Lipinski definition) is 3. The second-order valence-corrected chi connectivity index (χ2v) is 6.28. The van der Waals surface area contributed by atoms with E-state index in [2.05, 4.69) is 16.0 Å². The Morgan fingerprint density at radius 1 is 0.846 bits per heavy atom. The fourth-order valence-corrected chi connectivity index (χ4v) is 2.11. The van der Waals surface area contributed by atoms with Gasteiger partial charge in [-0.05, 0) is 44.2 Å². The van der Waals surface area contributed by atoms with Gasteiger partial charge in [-0.3, -0.25) is 14.4 Å². The summed E-state index contributed by atoms with van der Waals surface area (Å²) in [5.41, 5.74) is -0.505. The third kappa shape index (κ3) is 4.66. The summed E-state index contributed by atoms with van der Waals surface area (Å²) in [5, 5.41) is 7.66. The molecule has 0 aliphatic rings. The van der Waals surface area contributed by atoms with Gasteiger partial charge in [0.1, 0.15) is 11.2 Å². The van der Waals surface area contributed by atoms with Crippen molar-refractivity contribution in [1.29, 1.82) is 0 Å². The lowest BCUT2D eigenvalue weighted by Crippen LogP contribution is -2.41. The summed E-state index contributed by atoms with van der Waals surface area (Å²) >= 11 is 0. The van der Waals surface area contributed by atoms with Crippen LogP contribution in [0.25, 0.3) is 0 Å². The molecule has 0 radical (unpaired) electrons. The maximum Gasteiger partial charge on any atom is 0.239 e. The first kappa shape index (κ1) is 19.1. The number of halogens is 1. The average Bonchev–Trinajstić information content (AvgIpc) is 2.56. The van der Waals surface area contributed by atoms with Crippen LogP contribution in [0.5, 0.6) is 0 Å². The van der Waals surface area contributed by atoms with E-state index in [0.717, 1.165) is 0 Å². The topological polar surface area (TPSA) is 87.3 Å². The van der Waals surface area contributed by atoms with Crippen LogP contribution in [0.4, 0.5) is 21.5 Å². The minimum atomic E-state index is -1.45. The quantitative estimate of drug-likeness (QED) is 0.717. The van der Waals surface area contributed by atoms with Crippen LogP contribution in [0.1, 0.15) is 20.8 Å². The molecular formula is C19H20FN3O3. The third-order valence-corrected chi connectivity index (χ3v) is 3.70. The average molecular weight is 357 g/mol. The summed E-state index contributed by atoms with van der Waals surface area (Å²) in [7, 11) is 0. The van der Waals surface area contributed by atoms with Crippen LogP contribution in [-0.2, 0) is 14.4 Å². The molecule has 0 aliphatic carbocycles. The van der Waals surface area contributed by atoms with Crippen molar-refractivity contribution < 1.29 is 18.8 Å². The second-order valence-electron chi connectivity index (χ2n) is 6.28. The predicted octanol–water partition coefficient (Wildman–Crippen LogP) is 3.39. The number of carbonyl (C=O) groups excluding carboxylic acids is 3. The molecule has 0 saturated heterocycles. The molecule has 0 bridgehead atoms. The number of nitrogens with one attached hydrogen (secondary N) is 3. The zero-order chi connectivity index (χ0) is 19.3. The van der Waals surface area contributed by atoms with Gasteiger partial charge in [0.05, 0.1) is 5.69 Å². The highest BCUT2D eigenvalue weighted by molar-refractivity contribution is 6.14. The molecule has 0 aromatic heterocycles. The predicted molar refractivity (Wildman–Crippen MR) is 98.2 cm³/mol. The zero-order valence-corrected chi connectivity index (χ0v) is 14.7. The van der Waals surface area contributed by atoms with Gasteiger partial charge in [0, 0.05) is 18.3 Å². The molecule has 2 aromatic rings. The number of hydrogen-bond acceptors (Lipinski definition) is 3. The van der Waals surface area contributed by atoms with Gasteiger partial charge in [0.25, 0.3) is 0 Å². The first-order chi connectivity index (χ1) is 12.2. The van der Waals surface area contributed by atoms with E-state index in [0.29, 0.717) is 11.4 Å². The van der Waals surface area contributed by atoms with Gasteiger partial charge in [-0.15, -0.1) is 0 Å². The highest BCUT2D eigenvalue weighted by atomic mass is 19.1. The van der Waals surface area contributed by atoms with Gasteiger partial charge in [-0.25, -0.2) is 4.39 Å². The molecule has 3 amide bonds. The number of benzene rings is 2. The Morgan fingerprint density at radius 3 is 2.04 bits per heavy atom. The van der Waals surface area contributed by atoms with E-state index in [1.165, 1.54) is 39.0 Å². The summed E-state index contributed by atoms with van der Waals surface area (Å²) in [5.74, 6) is -2.03. The van der Waals surface area contributed by atoms with E-state index in [1.54, 1.807) is 30.3 Å². The second kappa shape index (κ2) is 7.77. The minimum absolute atomic E-state index is 0.00558. The molecule has 0 spiro atoms. The van der Waals surface area contributed by atoms with Gasteiger partial charge in [-0.2, -0.15) is 0 Å². The zero-order valence-electron chi connectivity index (χ0n) is 14.7. The molecule has 2 aromatic carbocycles. The molecule has 0 saturated carbocycles. The van der Waals surface area contributed by atoms with Gasteiger partial charge in [0.2, 0.25) is 17.7 Å². The first-order valence-electron chi connectivity index (χ1n) is 7.95. The molecule has 136 valence electrons. The number of anilines is 3. The van der Waals surface area contributed by atoms with E-state index in [-0.39, 0.29) is 11.6 Å². The van der Waals surface area contributed by atoms with Crippen LogP contribution in [0.3, 0.4) is 0 Å². The van der Waals surface area contributed by atoms with Crippen molar-refractivity contribution in [3.8, 4) is 0 Å². The normalized spacial score (nSPS) is 10.8. The molecular weight excluding hydrogens is 337 g/mol. The van der Waals surface area contributed by atoms with Gasteiger partial charge < -0.3 is 16.0 Å². The lowest BCUT2D eigenvalue weighted by Gasteiger charge is -2.23. The van der Waals surface area contributed by atoms with Gasteiger partial charge in [0.15, 0.2) is 0 Å². The Hall–Kier alpha value is -3.22. The SMILES string of the molecule is CC(=O)Nc1cccc(NC(=O)C(C)(C)C(=O)Nc2ccccc2F)c1. The molecule has 7 heteroatoms. The van der Waals surface area contributed by atoms with Crippen LogP contribution < -0.4 is 16.0 Å². The van der Waals surface area contributed by atoms with E-state index in [9.17, 15) is 18.8 Å². The Bertz CT molecular complexity index is 849. The summed E-state index contributed by atoms with van der Waals surface area (Å²) in [6.07, 6.45) is 0. The number of amides is 3. The first-order valence-corrected chi connectivity index (χ1v) is 7.95. The monoisotopic (exact) mass is 357 g/mol. The van der Waals surface area contributed by atoms with Crippen molar-refractivity contribution in [3.05, 3.63) is 54.3 Å². The number of carbonyl (C=O) groups is 3. The molecule has 0 unspecified atom stereocenters. The Balaban J connectivity index is 2.11. The molecule has 26 heavy (non-hydrogen) atoms. The van der Waals surface area contributed by atoms with Crippen molar-refractivity contribution >= 4 is 34.8 Å². The number of para-hydroxylation sites is 1. The number of rotatable bonds is 5. The largest absolute Gasteiger partial charge is 0.326 e. The van der Waals surface area contributed by atoms with Crippen LogP contribution in [-0.4, -0.2) is 17.7 Å². The van der Waals surface area contributed by atoms with Crippen molar-refractivity contribution in [2.24, 2.45) is 5.41 Å². The van der Waals surface area contributed by atoms with Crippen LogP contribution >= 0.6 is 0 Å². The fraction of sp³-hybridized carbons (Fsp3) is 0.211. The molecule has 2 rings (SSSR count). The van der Waals surface area contributed by atoms with E-state index >= 15 is 0 Å². The summed E-state index contributed by atoms with van der Waals surface area (Å²) in [6.45, 7) is 4.26. The fourth-order valence-electron chi connectivity index (χ4n) is 2.11. The van der Waals surface area contributed by atoms with Crippen LogP contribution in [0.15, 0.2) is 48.5 Å².